The maximum absolute atomic E-state index is 12.2. The smallest absolute Gasteiger partial charge is 0.314 e. The van der Waals surface area contributed by atoms with Crippen molar-refractivity contribution in [2.75, 3.05) is 25.6 Å². The minimum atomic E-state index is -0.835. The summed E-state index contributed by atoms with van der Waals surface area (Å²) in [5, 5.41) is 9.24. The molecule has 2 aromatic heterocycles. The van der Waals surface area contributed by atoms with Crippen molar-refractivity contribution in [1.82, 2.24) is 25.1 Å². The first-order valence-corrected chi connectivity index (χ1v) is 8.62. The van der Waals surface area contributed by atoms with Crippen molar-refractivity contribution >= 4 is 17.6 Å². The molecule has 0 spiro atoms. The Morgan fingerprint density at radius 1 is 1.30 bits per heavy atom. The van der Waals surface area contributed by atoms with Crippen LogP contribution in [-0.4, -0.2) is 51.8 Å². The SMILES string of the molecule is CCc1c(C)nc(-n2nc(C)cc2NC(=O)C(=O)NCCCOC)[nH]c1=O. The molecule has 0 aliphatic heterocycles. The fourth-order valence-electron chi connectivity index (χ4n) is 2.53. The van der Waals surface area contributed by atoms with Gasteiger partial charge in [0.15, 0.2) is 0 Å². The molecule has 2 rings (SSSR count). The number of carbonyl (C=O) groups is 2. The number of aromatic amines is 1. The molecule has 10 heteroatoms. The van der Waals surface area contributed by atoms with Gasteiger partial charge in [0.05, 0.1) is 5.69 Å². The van der Waals surface area contributed by atoms with Crippen molar-refractivity contribution < 1.29 is 14.3 Å². The standard InChI is InChI=1S/C17H24N6O4/c1-5-12-11(3)19-17(21-14(12)24)23-13(9-10(2)22-23)20-16(26)15(25)18-7-6-8-27-4/h9H,5-8H2,1-4H3,(H,18,25)(H,20,26)(H,19,21,24). The molecule has 0 atom stereocenters. The van der Waals surface area contributed by atoms with Crippen molar-refractivity contribution in [2.45, 2.75) is 33.6 Å². The third-order valence-electron chi connectivity index (χ3n) is 3.85. The third-order valence-corrected chi connectivity index (χ3v) is 3.85. The van der Waals surface area contributed by atoms with E-state index in [0.29, 0.717) is 42.9 Å². The number of hydrogen-bond acceptors (Lipinski definition) is 6. The Hall–Kier alpha value is -3.01. The van der Waals surface area contributed by atoms with E-state index in [2.05, 4.69) is 25.7 Å². The van der Waals surface area contributed by atoms with Crippen LogP contribution in [0, 0.1) is 13.8 Å². The summed E-state index contributed by atoms with van der Waals surface area (Å²) in [6, 6.07) is 1.58. The van der Waals surface area contributed by atoms with Crippen molar-refractivity contribution in [1.29, 1.82) is 0 Å². The lowest BCUT2D eigenvalue weighted by molar-refractivity contribution is -0.136. The largest absolute Gasteiger partial charge is 0.385 e. The van der Waals surface area contributed by atoms with Gasteiger partial charge in [0.1, 0.15) is 5.82 Å². The van der Waals surface area contributed by atoms with Gasteiger partial charge in [0, 0.05) is 37.6 Å². The van der Waals surface area contributed by atoms with Crippen molar-refractivity contribution in [3.8, 4) is 5.95 Å². The molecule has 2 aromatic rings. The Kier molecular flexibility index (Phi) is 6.83. The van der Waals surface area contributed by atoms with E-state index in [1.807, 2.05) is 6.92 Å². The first-order valence-electron chi connectivity index (χ1n) is 8.62. The van der Waals surface area contributed by atoms with E-state index in [1.165, 1.54) is 4.68 Å². The predicted octanol–water partition coefficient (Wildman–Crippen LogP) is 0.226. The number of H-pyrrole nitrogens is 1. The highest BCUT2D eigenvalue weighted by Crippen LogP contribution is 2.14. The van der Waals surface area contributed by atoms with Crippen LogP contribution in [0.5, 0.6) is 0 Å². The van der Waals surface area contributed by atoms with Crippen LogP contribution in [-0.2, 0) is 20.7 Å². The number of aryl methyl sites for hydroxylation is 2. The maximum Gasteiger partial charge on any atom is 0.314 e. The highest BCUT2D eigenvalue weighted by molar-refractivity contribution is 6.39. The number of nitrogens with zero attached hydrogens (tertiary/aromatic N) is 3. The first-order chi connectivity index (χ1) is 12.9. The van der Waals surface area contributed by atoms with Gasteiger partial charge < -0.3 is 15.4 Å². The van der Waals surface area contributed by atoms with Gasteiger partial charge in [-0.2, -0.15) is 9.78 Å². The zero-order valence-electron chi connectivity index (χ0n) is 15.9. The number of rotatable bonds is 7. The van der Waals surface area contributed by atoms with Crippen LogP contribution < -0.4 is 16.2 Å². The third kappa shape index (κ3) is 5.00. The fraction of sp³-hybridized carbons (Fsp3) is 0.471. The Morgan fingerprint density at radius 3 is 2.67 bits per heavy atom. The van der Waals surface area contributed by atoms with E-state index in [4.69, 9.17) is 4.74 Å². The van der Waals surface area contributed by atoms with Crippen LogP contribution in [0.15, 0.2) is 10.9 Å². The molecule has 0 aromatic carbocycles. The lowest BCUT2D eigenvalue weighted by Crippen LogP contribution is -2.36. The zero-order valence-corrected chi connectivity index (χ0v) is 15.9. The quantitative estimate of drug-likeness (QED) is 0.468. The van der Waals surface area contributed by atoms with Crippen LogP contribution in [0.3, 0.4) is 0 Å². The van der Waals surface area contributed by atoms with Gasteiger partial charge in [-0.15, -0.1) is 0 Å². The van der Waals surface area contributed by atoms with Crippen LogP contribution in [0.25, 0.3) is 5.95 Å². The first kappa shape index (κ1) is 20.3. The maximum atomic E-state index is 12.2. The molecule has 0 saturated carbocycles. The highest BCUT2D eigenvalue weighted by atomic mass is 16.5. The lowest BCUT2D eigenvalue weighted by atomic mass is 10.2. The number of aromatic nitrogens is 4. The summed E-state index contributed by atoms with van der Waals surface area (Å²) in [5.74, 6) is -1.21. The van der Waals surface area contributed by atoms with Crippen molar-refractivity contribution in [3.63, 3.8) is 0 Å². The fourth-order valence-corrected chi connectivity index (χ4v) is 2.53. The van der Waals surface area contributed by atoms with Gasteiger partial charge in [0.25, 0.3) is 5.56 Å². The molecule has 0 fully saturated rings. The lowest BCUT2D eigenvalue weighted by Gasteiger charge is -2.10. The summed E-state index contributed by atoms with van der Waals surface area (Å²) in [6.07, 6.45) is 1.15. The molecule has 0 aliphatic carbocycles. The molecule has 146 valence electrons. The van der Waals surface area contributed by atoms with Crippen LogP contribution >= 0.6 is 0 Å². The van der Waals surface area contributed by atoms with Gasteiger partial charge in [0.2, 0.25) is 5.95 Å². The summed E-state index contributed by atoms with van der Waals surface area (Å²) in [4.78, 5) is 43.2. The second-order valence-corrected chi connectivity index (χ2v) is 5.95. The molecule has 0 saturated heterocycles. The van der Waals surface area contributed by atoms with Gasteiger partial charge >= 0.3 is 11.8 Å². The molecule has 2 amide bonds. The number of anilines is 1. The van der Waals surface area contributed by atoms with Gasteiger partial charge in [-0.05, 0) is 26.7 Å². The average molecular weight is 376 g/mol. The number of ether oxygens (including phenoxy) is 1. The average Bonchev–Trinajstić information content (AvgIpc) is 2.98. The highest BCUT2D eigenvalue weighted by Gasteiger charge is 2.18. The summed E-state index contributed by atoms with van der Waals surface area (Å²) >= 11 is 0. The molecule has 0 radical (unpaired) electrons. The molecule has 10 nitrogen and oxygen atoms in total. The van der Waals surface area contributed by atoms with Crippen LogP contribution in [0.2, 0.25) is 0 Å². The minimum absolute atomic E-state index is 0.165. The molecule has 0 unspecified atom stereocenters. The monoisotopic (exact) mass is 376 g/mol. The van der Waals surface area contributed by atoms with E-state index in [-0.39, 0.29) is 17.3 Å². The molecular weight excluding hydrogens is 352 g/mol. The number of nitrogens with one attached hydrogen (secondary N) is 3. The van der Waals surface area contributed by atoms with E-state index < -0.39 is 11.8 Å². The molecule has 3 N–H and O–H groups in total. The summed E-state index contributed by atoms with van der Waals surface area (Å²) in [7, 11) is 1.56. The number of amides is 2. The zero-order chi connectivity index (χ0) is 20.0. The van der Waals surface area contributed by atoms with Crippen LogP contribution in [0.4, 0.5) is 5.82 Å². The number of carbonyl (C=O) groups excluding carboxylic acids is 2. The summed E-state index contributed by atoms with van der Waals surface area (Å²) < 4.78 is 6.17. The Bertz CT molecular complexity index is 886. The van der Waals surface area contributed by atoms with Crippen molar-refractivity contribution in [3.05, 3.63) is 33.4 Å². The number of hydrogen-bond donors (Lipinski definition) is 3. The Labute approximate surface area is 156 Å². The van der Waals surface area contributed by atoms with E-state index in [9.17, 15) is 14.4 Å². The molecule has 0 aliphatic rings. The molecule has 2 heterocycles. The van der Waals surface area contributed by atoms with E-state index >= 15 is 0 Å². The Morgan fingerprint density at radius 2 is 2.04 bits per heavy atom. The van der Waals surface area contributed by atoms with Crippen molar-refractivity contribution in [2.24, 2.45) is 0 Å². The van der Waals surface area contributed by atoms with Gasteiger partial charge in [-0.3, -0.25) is 19.4 Å². The van der Waals surface area contributed by atoms with Gasteiger partial charge in [-0.1, -0.05) is 6.92 Å². The summed E-state index contributed by atoms with van der Waals surface area (Å²) in [5.41, 5.74) is 1.49. The topological polar surface area (TPSA) is 131 Å². The summed E-state index contributed by atoms with van der Waals surface area (Å²) in [6.45, 7) is 6.14. The normalized spacial score (nSPS) is 10.7. The predicted molar refractivity (Wildman–Crippen MR) is 99.0 cm³/mol. The van der Waals surface area contributed by atoms with E-state index in [0.717, 1.165) is 0 Å². The molecule has 0 bridgehead atoms. The molecular formula is C17H24N6O4. The van der Waals surface area contributed by atoms with Gasteiger partial charge in [-0.25, -0.2) is 4.98 Å². The second kappa shape index (κ2) is 9.08. The van der Waals surface area contributed by atoms with E-state index in [1.54, 1.807) is 27.0 Å². The number of methoxy groups -OCH3 is 1. The van der Waals surface area contributed by atoms with Crippen LogP contribution in [0.1, 0.15) is 30.3 Å². The molecule has 27 heavy (non-hydrogen) atoms. The second-order valence-electron chi connectivity index (χ2n) is 5.95. The Balaban J connectivity index is 2.20. The minimum Gasteiger partial charge on any atom is -0.385 e.